The van der Waals surface area contributed by atoms with Gasteiger partial charge in [0.1, 0.15) is 16.4 Å². The molecule has 0 atom stereocenters. The van der Waals surface area contributed by atoms with E-state index in [9.17, 15) is 8.42 Å². The number of rotatable bonds is 8. The first-order chi connectivity index (χ1) is 9.05. The second kappa shape index (κ2) is 7.29. The molecule has 1 aromatic carbocycles. The van der Waals surface area contributed by atoms with Gasteiger partial charge in [-0.05, 0) is 18.6 Å². The first-order valence-corrected chi connectivity index (χ1v) is 7.07. The summed E-state index contributed by atoms with van der Waals surface area (Å²) in [6, 6.07) is 4.57. The van der Waals surface area contributed by atoms with Crippen LogP contribution in [-0.2, 0) is 14.9 Å². The monoisotopic (exact) mass is 290 g/mol. The minimum atomic E-state index is -3.67. The molecule has 1 aromatic rings. The van der Waals surface area contributed by atoms with Crippen molar-refractivity contribution in [2.24, 2.45) is 5.90 Å². The summed E-state index contributed by atoms with van der Waals surface area (Å²) in [4.78, 5) is 4.39. The number of ether oxygens (including phenoxy) is 2. The van der Waals surface area contributed by atoms with Crippen LogP contribution in [0.25, 0.3) is 0 Å². The Bertz CT molecular complexity index is 504. The van der Waals surface area contributed by atoms with E-state index in [1.54, 1.807) is 6.07 Å². The van der Waals surface area contributed by atoms with Gasteiger partial charge in [-0.2, -0.15) is 0 Å². The first kappa shape index (κ1) is 15.7. The van der Waals surface area contributed by atoms with Crippen LogP contribution in [0, 0.1) is 0 Å². The fraction of sp³-hybridized carbons (Fsp3) is 0.455. The van der Waals surface area contributed by atoms with E-state index in [-0.39, 0.29) is 23.8 Å². The molecule has 0 spiro atoms. The Labute approximate surface area is 112 Å². The van der Waals surface area contributed by atoms with Crippen molar-refractivity contribution in [3.05, 3.63) is 18.2 Å². The number of sulfonamides is 1. The highest BCUT2D eigenvalue weighted by Crippen LogP contribution is 2.27. The molecule has 0 heterocycles. The van der Waals surface area contributed by atoms with Crippen LogP contribution < -0.4 is 20.1 Å². The smallest absolute Gasteiger partial charge is 0.244 e. The molecule has 3 N–H and O–H groups in total. The maximum absolute atomic E-state index is 12.1. The quantitative estimate of drug-likeness (QED) is 0.526. The second-order valence-corrected chi connectivity index (χ2v) is 5.37. The summed E-state index contributed by atoms with van der Waals surface area (Å²) in [6.07, 6.45) is 0.474. The van der Waals surface area contributed by atoms with Gasteiger partial charge < -0.3 is 14.3 Å². The Morgan fingerprint density at radius 2 is 2.00 bits per heavy atom. The van der Waals surface area contributed by atoms with Crippen LogP contribution >= 0.6 is 0 Å². The van der Waals surface area contributed by atoms with Gasteiger partial charge in [0.05, 0.1) is 20.8 Å². The first-order valence-electron chi connectivity index (χ1n) is 5.58. The van der Waals surface area contributed by atoms with E-state index >= 15 is 0 Å². The van der Waals surface area contributed by atoms with E-state index in [1.165, 1.54) is 26.4 Å². The van der Waals surface area contributed by atoms with Crippen molar-refractivity contribution in [3.63, 3.8) is 0 Å². The van der Waals surface area contributed by atoms with Gasteiger partial charge in [0, 0.05) is 12.6 Å². The summed E-state index contributed by atoms with van der Waals surface area (Å²) in [5.41, 5.74) is 0. The Morgan fingerprint density at radius 1 is 1.26 bits per heavy atom. The molecule has 108 valence electrons. The molecule has 7 nitrogen and oxygen atoms in total. The minimum absolute atomic E-state index is 0.0306. The highest BCUT2D eigenvalue weighted by Gasteiger charge is 2.19. The number of methoxy groups -OCH3 is 2. The molecule has 0 aliphatic heterocycles. The van der Waals surface area contributed by atoms with Gasteiger partial charge in [-0.1, -0.05) is 0 Å². The van der Waals surface area contributed by atoms with Crippen molar-refractivity contribution in [3.8, 4) is 11.5 Å². The molecule has 0 saturated carbocycles. The molecule has 0 amide bonds. The van der Waals surface area contributed by atoms with Crippen LogP contribution in [0.1, 0.15) is 6.42 Å². The van der Waals surface area contributed by atoms with Gasteiger partial charge in [-0.25, -0.2) is 19.0 Å². The predicted molar refractivity (Wildman–Crippen MR) is 69.5 cm³/mol. The Kier molecular flexibility index (Phi) is 6.03. The van der Waals surface area contributed by atoms with Crippen LogP contribution in [0.4, 0.5) is 0 Å². The minimum Gasteiger partial charge on any atom is -0.497 e. The lowest BCUT2D eigenvalue weighted by Gasteiger charge is -2.11. The third kappa shape index (κ3) is 4.35. The van der Waals surface area contributed by atoms with Crippen LogP contribution in [0.15, 0.2) is 23.1 Å². The molecule has 0 aromatic heterocycles. The third-order valence-corrected chi connectivity index (χ3v) is 3.87. The zero-order valence-electron chi connectivity index (χ0n) is 10.9. The molecule has 1 rings (SSSR count). The fourth-order valence-corrected chi connectivity index (χ4v) is 2.69. The normalized spacial score (nSPS) is 11.3. The number of nitrogens with one attached hydrogen (secondary N) is 1. The molecule has 0 unspecified atom stereocenters. The van der Waals surface area contributed by atoms with Gasteiger partial charge in [-0.3, -0.25) is 0 Å². The van der Waals surface area contributed by atoms with Gasteiger partial charge in [-0.15, -0.1) is 0 Å². The lowest BCUT2D eigenvalue weighted by atomic mass is 10.3. The molecule has 0 saturated heterocycles. The van der Waals surface area contributed by atoms with Crippen LogP contribution in [0.5, 0.6) is 11.5 Å². The standard InChI is InChI=1S/C11H18N2O5S/c1-16-9-4-5-10(17-2)11(8-9)19(14,15)13-6-3-7-18-12/h4-5,8,13H,3,6-7,12H2,1-2H3. The summed E-state index contributed by atoms with van der Waals surface area (Å²) in [5.74, 6) is 5.55. The molecule has 0 radical (unpaired) electrons. The Hall–Kier alpha value is -1.35. The average Bonchev–Trinajstić information content (AvgIpc) is 2.43. The van der Waals surface area contributed by atoms with Gasteiger partial charge >= 0.3 is 0 Å². The van der Waals surface area contributed by atoms with E-state index in [0.29, 0.717) is 12.2 Å². The second-order valence-electron chi connectivity index (χ2n) is 3.64. The topological polar surface area (TPSA) is 99.9 Å². The maximum Gasteiger partial charge on any atom is 0.244 e. The van der Waals surface area contributed by atoms with Crippen LogP contribution in [-0.4, -0.2) is 35.8 Å². The van der Waals surface area contributed by atoms with E-state index in [4.69, 9.17) is 15.4 Å². The highest BCUT2D eigenvalue weighted by molar-refractivity contribution is 7.89. The van der Waals surface area contributed by atoms with E-state index in [1.807, 2.05) is 0 Å². The molecule has 0 aliphatic carbocycles. The van der Waals surface area contributed by atoms with Gasteiger partial charge in [0.2, 0.25) is 10.0 Å². The Morgan fingerprint density at radius 3 is 2.58 bits per heavy atom. The van der Waals surface area contributed by atoms with Gasteiger partial charge in [0.15, 0.2) is 0 Å². The summed E-state index contributed by atoms with van der Waals surface area (Å²) < 4.78 is 36.7. The SMILES string of the molecule is COc1ccc(OC)c(S(=O)(=O)NCCCON)c1. The molecule has 0 fully saturated rings. The molecule has 0 bridgehead atoms. The largest absolute Gasteiger partial charge is 0.497 e. The number of nitrogens with two attached hydrogens (primary N) is 1. The summed E-state index contributed by atoms with van der Waals surface area (Å²) in [7, 11) is -0.799. The average molecular weight is 290 g/mol. The fourth-order valence-electron chi connectivity index (χ4n) is 1.43. The van der Waals surface area contributed by atoms with Crippen molar-refractivity contribution in [2.75, 3.05) is 27.4 Å². The number of hydrogen-bond acceptors (Lipinski definition) is 6. The lowest BCUT2D eigenvalue weighted by Crippen LogP contribution is -2.26. The molecular formula is C11H18N2O5S. The third-order valence-electron chi connectivity index (χ3n) is 2.39. The van der Waals surface area contributed by atoms with Crippen molar-refractivity contribution < 1.29 is 22.7 Å². The highest BCUT2D eigenvalue weighted by atomic mass is 32.2. The Balaban J connectivity index is 2.92. The maximum atomic E-state index is 12.1. The zero-order valence-corrected chi connectivity index (χ0v) is 11.7. The molecule has 19 heavy (non-hydrogen) atoms. The molecule has 0 aliphatic rings. The number of hydrogen-bond donors (Lipinski definition) is 2. The van der Waals surface area contributed by atoms with E-state index in [0.717, 1.165) is 0 Å². The molecular weight excluding hydrogens is 272 g/mol. The van der Waals surface area contributed by atoms with Crippen molar-refractivity contribution >= 4 is 10.0 Å². The lowest BCUT2D eigenvalue weighted by molar-refractivity contribution is 0.136. The summed E-state index contributed by atoms with van der Waals surface area (Å²) >= 11 is 0. The van der Waals surface area contributed by atoms with Crippen LogP contribution in [0.3, 0.4) is 0 Å². The van der Waals surface area contributed by atoms with Crippen molar-refractivity contribution in [1.82, 2.24) is 4.72 Å². The van der Waals surface area contributed by atoms with E-state index in [2.05, 4.69) is 9.56 Å². The summed E-state index contributed by atoms with van der Waals surface area (Å²) in [6.45, 7) is 0.498. The zero-order chi connectivity index (χ0) is 14.3. The van der Waals surface area contributed by atoms with E-state index < -0.39 is 10.0 Å². The summed E-state index contributed by atoms with van der Waals surface area (Å²) in [5, 5.41) is 0. The van der Waals surface area contributed by atoms with Gasteiger partial charge in [0.25, 0.3) is 0 Å². The number of benzene rings is 1. The molecule has 8 heteroatoms. The van der Waals surface area contributed by atoms with Crippen LogP contribution in [0.2, 0.25) is 0 Å². The van der Waals surface area contributed by atoms with Crippen molar-refractivity contribution in [1.29, 1.82) is 0 Å². The predicted octanol–water partition coefficient (Wildman–Crippen LogP) is 0.263. The van der Waals surface area contributed by atoms with Crippen molar-refractivity contribution in [2.45, 2.75) is 11.3 Å².